The SMILES string of the molecule is Oc1ccc(CC2CC=CC2)c2ccccc12. The van der Waals surface area contributed by atoms with E-state index in [0.717, 1.165) is 17.7 Å². The van der Waals surface area contributed by atoms with Crippen molar-refractivity contribution in [2.75, 3.05) is 0 Å². The zero-order chi connectivity index (χ0) is 11.7. The summed E-state index contributed by atoms with van der Waals surface area (Å²) >= 11 is 0. The first kappa shape index (κ1) is 10.4. The second kappa shape index (κ2) is 4.25. The highest BCUT2D eigenvalue weighted by Gasteiger charge is 2.13. The second-order valence-electron chi connectivity index (χ2n) is 4.80. The van der Waals surface area contributed by atoms with E-state index in [0.29, 0.717) is 5.75 Å². The van der Waals surface area contributed by atoms with Crippen LogP contribution < -0.4 is 0 Å². The Labute approximate surface area is 101 Å². The van der Waals surface area contributed by atoms with Crippen molar-refractivity contribution in [1.29, 1.82) is 0 Å². The van der Waals surface area contributed by atoms with Crippen LogP contribution in [0, 0.1) is 5.92 Å². The molecular weight excluding hydrogens is 208 g/mol. The first-order chi connectivity index (χ1) is 8.34. The molecule has 0 heterocycles. The Hall–Kier alpha value is -1.76. The summed E-state index contributed by atoms with van der Waals surface area (Å²) in [4.78, 5) is 0. The quantitative estimate of drug-likeness (QED) is 0.763. The topological polar surface area (TPSA) is 20.2 Å². The van der Waals surface area contributed by atoms with E-state index >= 15 is 0 Å². The molecule has 17 heavy (non-hydrogen) atoms. The summed E-state index contributed by atoms with van der Waals surface area (Å²) in [5.41, 5.74) is 1.35. The van der Waals surface area contributed by atoms with Crippen LogP contribution in [0.25, 0.3) is 10.8 Å². The molecule has 0 radical (unpaired) electrons. The van der Waals surface area contributed by atoms with Gasteiger partial charge in [0.05, 0.1) is 0 Å². The third kappa shape index (κ3) is 1.93. The van der Waals surface area contributed by atoms with Crippen LogP contribution >= 0.6 is 0 Å². The second-order valence-corrected chi connectivity index (χ2v) is 4.80. The number of aromatic hydroxyl groups is 1. The van der Waals surface area contributed by atoms with Crippen molar-refractivity contribution in [1.82, 2.24) is 0 Å². The fraction of sp³-hybridized carbons (Fsp3) is 0.250. The molecule has 1 N–H and O–H groups in total. The molecule has 0 spiro atoms. The van der Waals surface area contributed by atoms with Gasteiger partial charge in [-0.3, -0.25) is 0 Å². The summed E-state index contributed by atoms with van der Waals surface area (Å²) < 4.78 is 0. The van der Waals surface area contributed by atoms with Crippen molar-refractivity contribution < 1.29 is 5.11 Å². The maximum atomic E-state index is 9.84. The molecule has 0 bridgehead atoms. The van der Waals surface area contributed by atoms with E-state index in [2.05, 4.69) is 24.3 Å². The first-order valence-electron chi connectivity index (χ1n) is 6.19. The molecule has 0 amide bonds. The monoisotopic (exact) mass is 224 g/mol. The molecule has 1 aliphatic rings. The van der Waals surface area contributed by atoms with Gasteiger partial charge in [-0.05, 0) is 42.2 Å². The van der Waals surface area contributed by atoms with Gasteiger partial charge in [0.15, 0.2) is 0 Å². The predicted octanol–water partition coefficient (Wildman–Crippen LogP) is 4.05. The van der Waals surface area contributed by atoms with Crippen molar-refractivity contribution >= 4 is 10.8 Å². The molecule has 1 aliphatic carbocycles. The minimum Gasteiger partial charge on any atom is -0.507 e. The minimum absolute atomic E-state index is 0.383. The lowest BCUT2D eigenvalue weighted by atomic mass is 9.93. The highest BCUT2D eigenvalue weighted by atomic mass is 16.3. The zero-order valence-electron chi connectivity index (χ0n) is 9.76. The van der Waals surface area contributed by atoms with Crippen LogP contribution in [0.3, 0.4) is 0 Å². The molecule has 2 aromatic rings. The van der Waals surface area contributed by atoms with Crippen LogP contribution in [0.4, 0.5) is 0 Å². The molecule has 0 aromatic heterocycles. The number of rotatable bonds is 2. The van der Waals surface area contributed by atoms with Gasteiger partial charge in [-0.1, -0.05) is 42.5 Å². The van der Waals surface area contributed by atoms with Crippen LogP contribution in [0.5, 0.6) is 5.75 Å². The van der Waals surface area contributed by atoms with Gasteiger partial charge in [-0.2, -0.15) is 0 Å². The number of benzene rings is 2. The zero-order valence-corrected chi connectivity index (χ0v) is 9.76. The molecule has 0 aliphatic heterocycles. The summed E-state index contributed by atoms with van der Waals surface area (Å²) in [5.74, 6) is 1.12. The summed E-state index contributed by atoms with van der Waals surface area (Å²) in [7, 11) is 0. The lowest BCUT2D eigenvalue weighted by molar-refractivity contribution is 0.481. The highest BCUT2D eigenvalue weighted by molar-refractivity contribution is 5.90. The highest BCUT2D eigenvalue weighted by Crippen LogP contribution is 2.31. The van der Waals surface area contributed by atoms with E-state index in [9.17, 15) is 5.11 Å². The molecule has 3 rings (SSSR count). The van der Waals surface area contributed by atoms with Crippen molar-refractivity contribution in [3.8, 4) is 5.75 Å². The van der Waals surface area contributed by atoms with Gasteiger partial charge >= 0.3 is 0 Å². The van der Waals surface area contributed by atoms with Gasteiger partial charge in [0, 0.05) is 5.39 Å². The number of allylic oxidation sites excluding steroid dienone is 2. The maximum Gasteiger partial charge on any atom is 0.123 e. The molecule has 1 heteroatoms. The number of hydrogen-bond acceptors (Lipinski definition) is 1. The minimum atomic E-state index is 0.383. The third-order valence-electron chi connectivity index (χ3n) is 3.61. The Morgan fingerprint density at radius 2 is 1.65 bits per heavy atom. The average Bonchev–Trinajstić information content (AvgIpc) is 2.86. The fourth-order valence-corrected chi connectivity index (χ4v) is 2.67. The molecule has 0 atom stereocenters. The van der Waals surface area contributed by atoms with Gasteiger partial charge in [0.2, 0.25) is 0 Å². The van der Waals surface area contributed by atoms with E-state index in [1.807, 2.05) is 24.3 Å². The summed E-state index contributed by atoms with van der Waals surface area (Å²) in [6.07, 6.45) is 8.03. The van der Waals surface area contributed by atoms with Crippen LogP contribution in [0.15, 0.2) is 48.6 Å². The third-order valence-corrected chi connectivity index (χ3v) is 3.61. The summed E-state index contributed by atoms with van der Waals surface area (Å²) in [6.45, 7) is 0. The van der Waals surface area contributed by atoms with Crippen LogP contribution in [-0.4, -0.2) is 5.11 Å². The Morgan fingerprint density at radius 1 is 0.941 bits per heavy atom. The van der Waals surface area contributed by atoms with Crippen LogP contribution in [-0.2, 0) is 6.42 Å². The van der Waals surface area contributed by atoms with Gasteiger partial charge in [-0.25, -0.2) is 0 Å². The van der Waals surface area contributed by atoms with E-state index in [-0.39, 0.29) is 0 Å². The van der Waals surface area contributed by atoms with Crippen LogP contribution in [0.1, 0.15) is 18.4 Å². The standard InChI is InChI=1S/C16H16O/c17-16-10-9-13(11-12-5-1-2-6-12)14-7-3-4-8-15(14)16/h1-4,7-10,12,17H,5-6,11H2. The van der Waals surface area contributed by atoms with Gasteiger partial charge in [-0.15, -0.1) is 0 Å². The fourth-order valence-electron chi connectivity index (χ4n) is 2.67. The Bertz CT molecular complexity index is 561. The number of hydrogen-bond donors (Lipinski definition) is 1. The predicted molar refractivity (Wildman–Crippen MR) is 71.2 cm³/mol. The average molecular weight is 224 g/mol. The van der Waals surface area contributed by atoms with Crippen molar-refractivity contribution in [2.45, 2.75) is 19.3 Å². The van der Waals surface area contributed by atoms with Gasteiger partial charge < -0.3 is 5.11 Å². The number of fused-ring (bicyclic) bond motifs is 1. The summed E-state index contributed by atoms with van der Waals surface area (Å²) in [6, 6.07) is 12.0. The smallest absolute Gasteiger partial charge is 0.123 e. The molecule has 0 fully saturated rings. The molecule has 1 nitrogen and oxygen atoms in total. The normalized spacial score (nSPS) is 15.8. The maximum absolute atomic E-state index is 9.84. The molecule has 86 valence electrons. The Balaban J connectivity index is 2.01. The van der Waals surface area contributed by atoms with E-state index < -0.39 is 0 Å². The van der Waals surface area contributed by atoms with Crippen LogP contribution in [0.2, 0.25) is 0 Å². The lowest BCUT2D eigenvalue weighted by Gasteiger charge is -2.12. The lowest BCUT2D eigenvalue weighted by Crippen LogP contribution is -1.99. The Morgan fingerprint density at radius 3 is 2.41 bits per heavy atom. The molecule has 0 saturated heterocycles. The number of phenolic OH excluding ortho intramolecular Hbond substituents is 1. The van der Waals surface area contributed by atoms with Crippen molar-refractivity contribution in [3.63, 3.8) is 0 Å². The molecule has 0 unspecified atom stereocenters. The van der Waals surface area contributed by atoms with Gasteiger partial charge in [0.1, 0.15) is 5.75 Å². The Kier molecular flexibility index (Phi) is 2.60. The number of phenols is 1. The van der Waals surface area contributed by atoms with E-state index in [1.54, 1.807) is 0 Å². The van der Waals surface area contributed by atoms with Crippen molar-refractivity contribution in [3.05, 3.63) is 54.1 Å². The van der Waals surface area contributed by atoms with E-state index in [1.165, 1.54) is 23.8 Å². The van der Waals surface area contributed by atoms with E-state index in [4.69, 9.17) is 0 Å². The largest absolute Gasteiger partial charge is 0.507 e. The molecule has 0 saturated carbocycles. The van der Waals surface area contributed by atoms with Gasteiger partial charge in [0.25, 0.3) is 0 Å². The molecule has 2 aromatic carbocycles. The van der Waals surface area contributed by atoms with Crippen molar-refractivity contribution in [2.24, 2.45) is 5.92 Å². The molecular formula is C16H16O. The summed E-state index contributed by atoms with van der Waals surface area (Å²) in [5, 5.41) is 12.0. The first-order valence-corrected chi connectivity index (χ1v) is 6.19.